The molecule has 0 radical (unpaired) electrons. The highest BCUT2D eigenvalue weighted by molar-refractivity contribution is 5.95. The molecule has 3 heterocycles. The molecule has 0 unspecified atom stereocenters. The van der Waals surface area contributed by atoms with Gasteiger partial charge in [-0.15, -0.1) is 5.10 Å². The number of nitrogens with zero attached hydrogens (tertiary/aromatic N) is 4. The number of benzene rings is 1. The van der Waals surface area contributed by atoms with Crippen LogP contribution in [0.2, 0.25) is 0 Å². The summed E-state index contributed by atoms with van der Waals surface area (Å²) in [4.78, 5) is 18.9. The summed E-state index contributed by atoms with van der Waals surface area (Å²) in [6, 6.07) is 15.2. The van der Waals surface area contributed by atoms with E-state index < -0.39 is 0 Å². The van der Waals surface area contributed by atoms with Crippen molar-refractivity contribution in [3.63, 3.8) is 0 Å². The third kappa shape index (κ3) is 3.39. The Kier molecular flexibility index (Phi) is 4.33. The van der Waals surface area contributed by atoms with Gasteiger partial charge in [-0.2, -0.15) is 0 Å². The predicted octanol–water partition coefficient (Wildman–Crippen LogP) is 2.89. The summed E-state index contributed by atoms with van der Waals surface area (Å²) in [5.74, 6) is 0.856. The largest absolute Gasteiger partial charge is 0.461 e. The van der Waals surface area contributed by atoms with Gasteiger partial charge in [-0.25, -0.2) is 9.50 Å². The zero-order valence-electron chi connectivity index (χ0n) is 14.9. The summed E-state index contributed by atoms with van der Waals surface area (Å²) in [6.45, 7) is 0.607. The average molecular weight is 361 g/mol. The van der Waals surface area contributed by atoms with Crippen LogP contribution in [0.3, 0.4) is 0 Å². The molecule has 0 saturated heterocycles. The maximum absolute atomic E-state index is 12.8. The third-order valence-corrected chi connectivity index (χ3v) is 4.38. The van der Waals surface area contributed by atoms with Gasteiger partial charge in [0.2, 0.25) is 5.82 Å². The van der Waals surface area contributed by atoms with Gasteiger partial charge in [0.25, 0.3) is 5.91 Å². The number of rotatable bonds is 5. The number of fused-ring (bicyclic) bond motifs is 1. The number of furan rings is 1. The van der Waals surface area contributed by atoms with Crippen LogP contribution in [0.25, 0.3) is 17.2 Å². The van der Waals surface area contributed by atoms with Gasteiger partial charge in [-0.05, 0) is 30.2 Å². The van der Waals surface area contributed by atoms with Crippen LogP contribution in [0.1, 0.15) is 15.9 Å². The molecule has 7 nitrogen and oxygen atoms in total. The van der Waals surface area contributed by atoms with E-state index in [1.807, 2.05) is 30.3 Å². The standard InChI is InChI=1S/C20H19N5O2/c1-24(10-9-14-6-3-2-4-7-14)20(26)15-12-16(21)19-22-18(23-25(19)13-15)17-8-5-11-27-17/h2-8,11-13H,9-10,21H2,1H3. The van der Waals surface area contributed by atoms with Gasteiger partial charge in [0, 0.05) is 19.8 Å². The van der Waals surface area contributed by atoms with Crippen LogP contribution in [0.15, 0.2) is 65.4 Å². The van der Waals surface area contributed by atoms with Crippen molar-refractivity contribution in [3.05, 3.63) is 72.1 Å². The number of nitrogen functional groups attached to an aromatic ring is 1. The molecule has 4 aromatic rings. The summed E-state index contributed by atoms with van der Waals surface area (Å²) in [6.07, 6.45) is 3.99. The maximum atomic E-state index is 12.8. The predicted molar refractivity (Wildman–Crippen MR) is 102 cm³/mol. The van der Waals surface area contributed by atoms with E-state index in [1.54, 1.807) is 42.6 Å². The van der Waals surface area contributed by atoms with E-state index in [4.69, 9.17) is 10.2 Å². The lowest BCUT2D eigenvalue weighted by atomic mass is 10.1. The number of anilines is 1. The first-order valence-electron chi connectivity index (χ1n) is 8.61. The molecule has 4 rings (SSSR count). The van der Waals surface area contributed by atoms with Gasteiger partial charge < -0.3 is 15.1 Å². The second-order valence-corrected chi connectivity index (χ2v) is 6.33. The number of likely N-dealkylation sites (N-methyl/N-ethyl adjacent to an activating group) is 1. The fourth-order valence-electron chi connectivity index (χ4n) is 2.90. The molecule has 1 aromatic carbocycles. The Labute approximate surface area is 156 Å². The molecule has 1 amide bonds. The van der Waals surface area contributed by atoms with Gasteiger partial charge in [-0.3, -0.25) is 4.79 Å². The van der Waals surface area contributed by atoms with Crippen LogP contribution in [-0.2, 0) is 6.42 Å². The van der Waals surface area contributed by atoms with Gasteiger partial charge in [-0.1, -0.05) is 30.3 Å². The summed E-state index contributed by atoms with van der Waals surface area (Å²) in [5, 5.41) is 4.37. The topological polar surface area (TPSA) is 89.7 Å². The molecule has 0 saturated carbocycles. The summed E-state index contributed by atoms with van der Waals surface area (Å²) < 4.78 is 6.84. The van der Waals surface area contributed by atoms with Gasteiger partial charge in [0.1, 0.15) is 0 Å². The van der Waals surface area contributed by atoms with Gasteiger partial charge in [0.05, 0.1) is 17.5 Å². The fourth-order valence-corrected chi connectivity index (χ4v) is 2.90. The molecular weight excluding hydrogens is 342 g/mol. The Hall–Kier alpha value is -3.61. The lowest BCUT2D eigenvalue weighted by Gasteiger charge is -2.17. The van der Waals surface area contributed by atoms with Crippen molar-refractivity contribution >= 4 is 17.2 Å². The van der Waals surface area contributed by atoms with Crippen LogP contribution in [-0.4, -0.2) is 39.0 Å². The molecule has 3 aromatic heterocycles. The van der Waals surface area contributed by atoms with E-state index in [1.165, 1.54) is 10.1 Å². The first-order chi connectivity index (χ1) is 13.1. The number of aromatic nitrogens is 3. The van der Waals surface area contributed by atoms with Gasteiger partial charge in [0.15, 0.2) is 11.4 Å². The number of amides is 1. The van der Waals surface area contributed by atoms with Crippen molar-refractivity contribution in [2.24, 2.45) is 0 Å². The monoisotopic (exact) mass is 361 g/mol. The maximum Gasteiger partial charge on any atom is 0.255 e. The second kappa shape index (κ2) is 6.95. The normalized spacial score (nSPS) is 11.0. The van der Waals surface area contributed by atoms with Crippen molar-refractivity contribution in [1.29, 1.82) is 0 Å². The van der Waals surface area contributed by atoms with E-state index in [-0.39, 0.29) is 5.91 Å². The van der Waals surface area contributed by atoms with Gasteiger partial charge >= 0.3 is 0 Å². The Morgan fingerprint density at radius 2 is 2.04 bits per heavy atom. The Bertz CT molecular complexity index is 1070. The van der Waals surface area contributed by atoms with E-state index in [0.29, 0.717) is 35.0 Å². The summed E-state index contributed by atoms with van der Waals surface area (Å²) in [7, 11) is 1.78. The number of carbonyl (C=O) groups excluding carboxylic acids is 1. The van der Waals surface area contributed by atoms with E-state index in [2.05, 4.69) is 10.1 Å². The number of hydrogen-bond donors (Lipinski definition) is 1. The lowest BCUT2D eigenvalue weighted by molar-refractivity contribution is 0.0796. The molecular formula is C20H19N5O2. The molecule has 0 fully saturated rings. The number of pyridine rings is 1. The van der Waals surface area contributed by atoms with Crippen LogP contribution in [0.5, 0.6) is 0 Å². The molecule has 0 aliphatic rings. The van der Waals surface area contributed by atoms with Crippen molar-refractivity contribution in [2.45, 2.75) is 6.42 Å². The smallest absolute Gasteiger partial charge is 0.255 e. The summed E-state index contributed by atoms with van der Waals surface area (Å²) >= 11 is 0. The van der Waals surface area contributed by atoms with Crippen molar-refractivity contribution < 1.29 is 9.21 Å². The first kappa shape index (κ1) is 16.8. The van der Waals surface area contributed by atoms with Crippen LogP contribution >= 0.6 is 0 Å². The molecule has 0 aliphatic carbocycles. The highest BCUT2D eigenvalue weighted by Crippen LogP contribution is 2.21. The minimum absolute atomic E-state index is 0.116. The minimum atomic E-state index is -0.116. The molecule has 7 heteroatoms. The quantitative estimate of drug-likeness (QED) is 0.590. The minimum Gasteiger partial charge on any atom is -0.461 e. The summed E-state index contributed by atoms with van der Waals surface area (Å²) in [5.41, 5.74) is 8.63. The third-order valence-electron chi connectivity index (χ3n) is 4.38. The fraction of sp³-hybridized carbons (Fsp3) is 0.150. The highest BCUT2D eigenvalue weighted by atomic mass is 16.3. The lowest BCUT2D eigenvalue weighted by Crippen LogP contribution is -2.29. The Morgan fingerprint density at radius 1 is 1.22 bits per heavy atom. The Morgan fingerprint density at radius 3 is 2.78 bits per heavy atom. The highest BCUT2D eigenvalue weighted by Gasteiger charge is 2.17. The van der Waals surface area contributed by atoms with Crippen molar-refractivity contribution in [3.8, 4) is 11.6 Å². The molecule has 2 N–H and O–H groups in total. The molecule has 136 valence electrons. The zero-order chi connectivity index (χ0) is 18.8. The van der Waals surface area contributed by atoms with E-state index >= 15 is 0 Å². The van der Waals surface area contributed by atoms with Crippen LogP contribution in [0, 0.1) is 0 Å². The average Bonchev–Trinajstić information content (AvgIpc) is 3.35. The molecule has 0 aliphatic heterocycles. The number of nitrogens with two attached hydrogens (primary N) is 1. The van der Waals surface area contributed by atoms with Crippen LogP contribution in [0.4, 0.5) is 5.69 Å². The molecule has 0 spiro atoms. The van der Waals surface area contributed by atoms with Crippen molar-refractivity contribution in [2.75, 3.05) is 19.3 Å². The molecule has 0 atom stereocenters. The second-order valence-electron chi connectivity index (χ2n) is 6.33. The molecule has 0 bridgehead atoms. The van der Waals surface area contributed by atoms with Crippen LogP contribution < -0.4 is 5.73 Å². The zero-order valence-corrected chi connectivity index (χ0v) is 14.9. The first-order valence-corrected chi connectivity index (χ1v) is 8.61. The molecule has 27 heavy (non-hydrogen) atoms. The van der Waals surface area contributed by atoms with Crippen molar-refractivity contribution in [1.82, 2.24) is 19.5 Å². The van der Waals surface area contributed by atoms with E-state index in [9.17, 15) is 4.79 Å². The van der Waals surface area contributed by atoms with E-state index in [0.717, 1.165) is 6.42 Å². The number of carbonyl (C=O) groups is 1. The number of hydrogen-bond acceptors (Lipinski definition) is 5. The SMILES string of the molecule is CN(CCc1ccccc1)C(=O)c1cc(N)c2nc(-c3ccco3)nn2c1. The Balaban J connectivity index is 1.56.